The second-order valence-corrected chi connectivity index (χ2v) is 4.94. The van der Waals surface area contributed by atoms with Crippen molar-refractivity contribution in [2.24, 2.45) is 0 Å². The molecule has 2 atom stereocenters. The fourth-order valence-corrected chi connectivity index (χ4v) is 2.52. The Bertz CT molecular complexity index is 498. The summed E-state index contributed by atoms with van der Waals surface area (Å²) in [7, 11) is 0. The van der Waals surface area contributed by atoms with Crippen molar-refractivity contribution in [3.8, 4) is 0 Å². The van der Waals surface area contributed by atoms with Crippen molar-refractivity contribution in [3.63, 3.8) is 0 Å². The SMILES string of the molecule is O[C@@H]([C@H]1CCCN1c1cccc(C(F)(F)F)c1)C(F)(F)F. The Morgan fingerprint density at radius 1 is 1.14 bits per heavy atom. The van der Waals surface area contributed by atoms with Crippen LogP contribution in [0.3, 0.4) is 0 Å². The van der Waals surface area contributed by atoms with E-state index >= 15 is 0 Å². The normalized spacial score (nSPS) is 21.7. The average molecular weight is 313 g/mol. The van der Waals surface area contributed by atoms with Gasteiger partial charge >= 0.3 is 12.4 Å². The average Bonchev–Trinajstić information content (AvgIpc) is 2.84. The molecule has 2 nitrogen and oxygen atoms in total. The Morgan fingerprint density at radius 2 is 1.81 bits per heavy atom. The first-order chi connectivity index (χ1) is 9.60. The van der Waals surface area contributed by atoms with Crippen molar-refractivity contribution in [1.82, 2.24) is 0 Å². The van der Waals surface area contributed by atoms with Gasteiger partial charge in [-0.1, -0.05) is 6.07 Å². The van der Waals surface area contributed by atoms with E-state index in [1.807, 2.05) is 0 Å². The van der Waals surface area contributed by atoms with Gasteiger partial charge in [-0.3, -0.25) is 0 Å². The van der Waals surface area contributed by atoms with Crippen molar-refractivity contribution in [2.75, 3.05) is 11.4 Å². The van der Waals surface area contributed by atoms with E-state index in [1.54, 1.807) is 0 Å². The molecule has 0 bridgehead atoms. The Labute approximate surface area is 117 Å². The largest absolute Gasteiger partial charge is 0.416 e. The number of anilines is 1. The predicted molar refractivity (Wildman–Crippen MR) is 63.9 cm³/mol. The molecule has 1 fully saturated rings. The molecule has 0 unspecified atom stereocenters. The summed E-state index contributed by atoms with van der Waals surface area (Å²) in [5.41, 5.74) is -0.886. The summed E-state index contributed by atoms with van der Waals surface area (Å²) in [6, 6.07) is 2.87. The van der Waals surface area contributed by atoms with Crippen LogP contribution < -0.4 is 4.90 Å². The fourth-order valence-electron chi connectivity index (χ4n) is 2.52. The maximum atomic E-state index is 12.7. The first kappa shape index (κ1) is 15.9. The van der Waals surface area contributed by atoms with Crippen LogP contribution in [0.2, 0.25) is 0 Å². The van der Waals surface area contributed by atoms with Gasteiger partial charge in [0.2, 0.25) is 0 Å². The molecule has 0 amide bonds. The van der Waals surface area contributed by atoms with Crippen LogP contribution in [-0.2, 0) is 6.18 Å². The number of halogens is 6. The molecule has 1 saturated heterocycles. The molecular weight excluding hydrogens is 300 g/mol. The van der Waals surface area contributed by atoms with Crippen LogP contribution >= 0.6 is 0 Å². The summed E-state index contributed by atoms with van der Waals surface area (Å²) >= 11 is 0. The summed E-state index contributed by atoms with van der Waals surface area (Å²) in [5.74, 6) is 0. The van der Waals surface area contributed by atoms with Gasteiger partial charge in [0, 0.05) is 12.2 Å². The van der Waals surface area contributed by atoms with Crippen LogP contribution in [0.1, 0.15) is 18.4 Å². The zero-order chi connectivity index (χ0) is 15.8. The minimum atomic E-state index is -4.80. The fraction of sp³-hybridized carbons (Fsp3) is 0.538. The van der Waals surface area contributed by atoms with Gasteiger partial charge in [0.1, 0.15) is 0 Å². The van der Waals surface area contributed by atoms with Crippen LogP contribution in [0, 0.1) is 0 Å². The van der Waals surface area contributed by atoms with Crippen molar-refractivity contribution in [1.29, 1.82) is 0 Å². The molecular formula is C13H13F6NO. The lowest BCUT2D eigenvalue weighted by Gasteiger charge is -2.31. The van der Waals surface area contributed by atoms with Crippen molar-refractivity contribution in [2.45, 2.75) is 37.3 Å². The zero-order valence-corrected chi connectivity index (χ0v) is 10.7. The van der Waals surface area contributed by atoms with Gasteiger partial charge in [0.25, 0.3) is 0 Å². The van der Waals surface area contributed by atoms with E-state index in [0.29, 0.717) is 6.42 Å². The molecule has 1 aromatic rings. The Balaban J connectivity index is 2.29. The monoisotopic (exact) mass is 313 g/mol. The van der Waals surface area contributed by atoms with Crippen LogP contribution in [0.4, 0.5) is 32.0 Å². The van der Waals surface area contributed by atoms with E-state index < -0.39 is 30.1 Å². The maximum absolute atomic E-state index is 12.7. The lowest BCUT2D eigenvalue weighted by Crippen LogP contribution is -2.47. The molecule has 1 aliphatic heterocycles. The number of aliphatic hydroxyl groups excluding tert-OH is 1. The van der Waals surface area contributed by atoms with Crippen LogP contribution in [0.15, 0.2) is 24.3 Å². The Morgan fingerprint density at radius 3 is 2.38 bits per heavy atom. The lowest BCUT2D eigenvalue weighted by molar-refractivity contribution is -0.209. The zero-order valence-electron chi connectivity index (χ0n) is 10.7. The molecule has 0 saturated carbocycles. The summed E-state index contributed by atoms with van der Waals surface area (Å²) < 4.78 is 75.8. The number of hydrogen-bond donors (Lipinski definition) is 1. The molecule has 0 aromatic heterocycles. The summed E-state index contributed by atoms with van der Waals surface area (Å²) in [4.78, 5) is 1.19. The Kier molecular flexibility index (Phi) is 4.10. The molecule has 2 rings (SSSR count). The highest BCUT2D eigenvalue weighted by Gasteiger charge is 2.47. The molecule has 118 valence electrons. The molecule has 21 heavy (non-hydrogen) atoms. The number of aliphatic hydroxyl groups is 1. The van der Waals surface area contributed by atoms with Gasteiger partial charge in [-0.15, -0.1) is 0 Å². The van der Waals surface area contributed by atoms with Gasteiger partial charge < -0.3 is 10.0 Å². The number of benzene rings is 1. The summed E-state index contributed by atoms with van der Waals surface area (Å²) in [5, 5.41) is 9.36. The van der Waals surface area contributed by atoms with Crippen LogP contribution in [0.25, 0.3) is 0 Å². The topological polar surface area (TPSA) is 23.5 Å². The lowest BCUT2D eigenvalue weighted by atomic mass is 10.1. The predicted octanol–water partition coefficient (Wildman–Crippen LogP) is 3.60. The number of alkyl halides is 6. The number of rotatable bonds is 2. The standard InChI is InChI=1S/C13H13F6NO/c14-12(15,16)8-3-1-4-9(7-8)20-6-2-5-10(20)11(21)13(17,18)19/h1,3-4,7,10-11,21H,2,5-6H2/t10-,11+/m1/s1. The number of hydrogen-bond acceptors (Lipinski definition) is 2. The van der Waals surface area contributed by atoms with E-state index in [2.05, 4.69) is 0 Å². The number of nitrogens with zero attached hydrogens (tertiary/aromatic N) is 1. The first-order valence-corrected chi connectivity index (χ1v) is 6.29. The van der Waals surface area contributed by atoms with E-state index in [0.717, 1.165) is 18.2 Å². The molecule has 1 aromatic carbocycles. The van der Waals surface area contributed by atoms with Crippen molar-refractivity contribution < 1.29 is 31.4 Å². The minimum Gasteiger partial charge on any atom is -0.382 e. The summed E-state index contributed by atoms with van der Waals surface area (Å²) in [6.45, 7) is 0.180. The third-order valence-electron chi connectivity index (χ3n) is 3.50. The molecule has 1 N–H and O–H groups in total. The third kappa shape index (κ3) is 3.42. The van der Waals surface area contributed by atoms with Gasteiger partial charge in [0.15, 0.2) is 6.10 Å². The maximum Gasteiger partial charge on any atom is 0.416 e. The van der Waals surface area contributed by atoms with E-state index in [-0.39, 0.29) is 18.7 Å². The third-order valence-corrected chi connectivity index (χ3v) is 3.50. The first-order valence-electron chi connectivity index (χ1n) is 6.29. The highest BCUT2D eigenvalue weighted by atomic mass is 19.4. The smallest absolute Gasteiger partial charge is 0.382 e. The van der Waals surface area contributed by atoms with Crippen molar-refractivity contribution >= 4 is 5.69 Å². The van der Waals surface area contributed by atoms with Crippen molar-refractivity contribution in [3.05, 3.63) is 29.8 Å². The molecule has 0 aliphatic carbocycles. The van der Waals surface area contributed by atoms with Gasteiger partial charge in [-0.05, 0) is 31.0 Å². The summed E-state index contributed by atoms with van der Waals surface area (Å²) in [6.07, 6.45) is -11.5. The molecule has 1 heterocycles. The Hall–Kier alpha value is -1.44. The minimum absolute atomic E-state index is 0.0376. The molecule has 0 spiro atoms. The van der Waals surface area contributed by atoms with E-state index in [1.165, 1.54) is 11.0 Å². The van der Waals surface area contributed by atoms with Crippen LogP contribution in [0.5, 0.6) is 0 Å². The highest BCUT2D eigenvalue weighted by Crippen LogP contribution is 2.36. The molecule has 1 aliphatic rings. The van der Waals surface area contributed by atoms with E-state index in [9.17, 15) is 31.4 Å². The highest BCUT2D eigenvalue weighted by molar-refractivity contribution is 5.51. The second-order valence-electron chi connectivity index (χ2n) is 4.94. The second kappa shape index (κ2) is 5.40. The quantitative estimate of drug-likeness (QED) is 0.843. The molecule has 8 heteroatoms. The van der Waals surface area contributed by atoms with Gasteiger partial charge in [0.05, 0.1) is 11.6 Å². The van der Waals surface area contributed by atoms with Gasteiger partial charge in [-0.2, -0.15) is 26.3 Å². The van der Waals surface area contributed by atoms with Crippen LogP contribution in [-0.4, -0.2) is 30.0 Å². The molecule has 0 radical (unpaired) electrons. The van der Waals surface area contributed by atoms with Gasteiger partial charge in [-0.25, -0.2) is 0 Å². The van der Waals surface area contributed by atoms with E-state index in [4.69, 9.17) is 0 Å².